The van der Waals surface area contributed by atoms with Crippen LogP contribution in [0.4, 0.5) is 0 Å². The third-order valence-corrected chi connectivity index (χ3v) is 2.59. The number of hydrogen-bond acceptors (Lipinski definition) is 3. The molecule has 1 heterocycles. The van der Waals surface area contributed by atoms with Crippen molar-refractivity contribution in [2.75, 3.05) is 0 Å². The highest BCUT2D eigenvalue weighted by Gasteiger charge is 2.04. The van der Waals surface area contributed by atoms with Gasteiger partial charge in [0.25, 0.3) is 0 Å². The predicted octanol–water partition coefficient (Wildman–Crippen LogP) is 1.71. The lowest BCUT2D eigenvalue weighted by molar-refractivity contribution is 0.730. The van der Waals surface area contributed by atoms with E-state index in [4.69, 9.17) is 0 Å². The van der Waals surface area contributed by atoms with Gasteiger partial charge in [-0.1, -0.05) is 36.8 Å². The first-order valence-electron chi connectivity index (χ1n) is 5.98. The van der Waals surface area contributed by atoms with Crippen LogP contribution in [0.5, 0.6) is 0 Å². The Bertz CT molecular complexity index is 592. The molecule has 1 N–H and O–H groups in total. The fourth-order valence-electron chi connectivity index (χ4n) is 1.61. The van der Waals surface area contributed by atoms with Crippen molar-refractivity contribution < 1.29 is 0 Å². The first kappa shape index (κ1) is 12.3. The van der Waals surface area contributed by atoms with Gasteiger partial charge in [-0.05, 0) is 18.9 Å². The summed E-state index contributed by atoms with van der Waals surface area (Å²) in [6, 6.07) is 7.94. The Morgan fingerprint density at radius 2 is 2.11 bits per heavy atom. The van der Waals surface area contributed by atoms with Crippen LogP contribution in [-0.2, 0) is 6.42 Å². The van der Waals surface area contributed by atoms with Crippen LogP contribution in [0, 0.1) is 6.92 Å². The quantitative estimate of drug-likeness (QED) is 0.832. The van der Waals surface area contributed by atoms with Gasteiger partial charge in [-0.15, -0.1) is 0 Å². The van der Waals surface area contributed by atoms with Gasteiger partial charge >= 0.3 is 5.69 Å². The SMILES string of the molecule is CCCc1n[nH]c(=O)n1/N=C/c1ccc(C)cc1. The molecule has 0 saturated heterocycles. The number of hydrogen-bond donors (Lipinski definition) is 1. The lowest BCUT2D eigenvalue weighted by Gasteiger charge is -1.97. The molecule has 2 rings (SSSR count). The first-order chi connectivity index (χ1) is 8.70. The molecule has 0 aliphatic heterocycles. The molecule has 0 aliphatic rings. The highest BCUT2D eigenvalue weighted by atomic mass is 16.2. The molecule has 0 aliphatic carbocycles. The van der Waals surface area contributed by atoms with Crippen LogP contribution in [0.1, 0.15) is 30.3 Å². The molecule has 0 saturated carbocycles. The average molecular weight is 244 g/mol. The van der Waals surface area contributed by atoms with Gasteiger partial charge in [0.1, 0.15) is 0 Å². The van der Waals surface area contributed by atoms with Gasteiger partial charge in [0.2, 0.25) is 0 Å². The van der Waals surface area contributed by atoms with Crippen LogP contribution < -0.4 is 5.69 Å². The van der Waals surface area contributed by atoms with Crippen LogP contribution in [0.25, 0.3) is 0 Å². The molecule has 18 heavy (non-hydrogen) atoms. The number of aryl methyl sites for hydroxylation is 2. The molecule has 0 unspecified atom stereocenters. The normalized spacial score (nSPS) is 11.2. The van der Waals surface area contributed by atoms with Gasteiger partial charge in [-0.2, -0.15) is 14.9 Å². The number of aromatic nitrogens is 3. The van der Waals surface area contributed by atoms with Crippen molar-refractivity contribution in [3.63, 3.8) is 0 Å². The summed E-state index contributed by atoms with van der Waals surface area (Å²) in [5.41, 5.74) is 1.84. The molecule has 5 heteroatoms. The Hall–Kier alpha value is -2.17. The molecule has 0 atom stereocenters. The minimum absolute atomic E-state index is 0.304. The van der Waals surface area contributed by atoms with Crippen LogP contribution in [0.2, 0.25) is 0 Å². The van der Waals surface area contributed by atoms with Crippen molar-refractivity contribution in [2.24, 2.45) is 5.10 Å². The number of nitrogens with one attached hydrogen (secondary N) is 1. The van der Waals surface area contributed by atoms with E-state index in [1.54, 1.807) is 6.21 Å². The number of rotatable bonds is 4. The van der Waals surface area contributed by atoms with E-state index in [0.29, 0.717) is 5.82 Å². The second-order valence-electron chi connectivity index (χ2n) is 4.16. The molecule has 94 valence electrons. The molecule has 5 nitrogen and oxygen atoms in total. The van der Waals surface area contributed by atoms with Crippen molar-refractivity contribution in [1.29, 1.82) is 0 Å². The topological polar surface area (TPSA) is 63.0 Å². The number of H-pyrrole nitrogens is 1. The van der Waals surface area contributed by atoms with E-state index < -0.39 is 0 Å². The van der Waals surface area contributed by atoms with E-state index >= 15 is 0 Å². The van der Waals surface area contributed by atoms with Gasteiger partial charge in [0.15, 0.2) is 5.82 Å². The predicted molar refractivity (Wildman–Crippen MR) is 71.0 cm³/mol. The van der Waals surface area contributed by atoms with E-state index in [2.05, 4.69) is 15.3 Å². The summed E-state index contributed by atoms with van der Waals surface area (Å²) in [7, 11) is 0. The van der Waals surface area contributed by atoms with E-state index in [-0.39, 0.29) is 5.69 Å². The van der Waals surface area contributed by atoms with Gasteiger partial charge in [0, 0.05) is 6.42 Å². The van der Waals surface area contributed by atoms with Crippen LogP contribution in [0.3, 0.4) is 0 Å². The fraction of sp³-hybridized carbons (Fsp3) is 0.308. The molecule has 0 radical (unpaired) electrons. The molecule has 0 amide bonds. The summed E-state index contributed by atoms with van der Waals surface area (Å²) >= 11 is 0. The highest BCUT2D eigenvalue weighted by Crippen LogP contribution is 2.01. The Kier molecular flexibility index (Phi) is 3.72. The van der Waals surface area contributed by atoms with Crippen LogP contribution in [-0.4, -0.2) is 21.1 Å². The summed E-state index contributed by atoms with van der Waals surface area (Å²) in [4.78, 5) is 11.5. The smallest absolute Gasteiger partial charge is 0.244 e. The Labute approximate surface area is 105 Å². The molecule has 0 bridgehead atoms. The number of benzene rings is 1. The highest BCUT2D eigenvalue weighted by molar-refractivity contribution is 5.79. The minimum Gasteiger partial charge on any atom is -0.244 e. The van der Waals surface area contributed by atoms with E-state index in [1.807, 2.05) is 38.1 Å². The van der Waals surface area contributed by atoms with Crippen molar-refractivity contribution in [3.8, 4) is 0 Å². The minimum atomic E-state index is -0.304. The Balaban J connectivity index is 2.25. The summed E-state index contributed by atoms with van der Waals surface area (Å²) in [5.74, 6) is 0.658. The zero-order valence-electron chi connectivity index (χ0n) is 10.6. The molecular weight excluding hydrogens is 228 g/mol. The fourth-order valence-corrected chi connectivity index (χ4v) is 1.61. The van der Waals surface area contributed by atoms with E-state index in [1.165, 1.54) is 10.2 Å². The van der Waals surface area contributed by atoms with Crippen LogP contribution in [0.15, 0.2) is 34.2 Å². The van der Waals surface area contributed by atoms with Gasteiger partial charge in [-0.25, -0.2) is 9.89 Å². The van der Waals surface area contributed by atoms with Crippen molar-refractivity contribution in [1.82, 2.24) is 14.9 Å². The second-order valence-corrected chi connectivity index (χ2v) is 4.16. The molecule has 0 spiro atoms. The van der Waals surface area contributed by atoms with E-state index in [9.17, 15) is 4.79 Å². The summed E-state index contributed by atoms with van der Waals surface area (Å²) in [5, 5.41) is 10.5. The maximum absolute atomic E-state index is 11.5. The first-order valence-corrected chi connectivity index (χ1v) is 5.98. The largest absolute Gasteiger partial charge is 0.364 e. The van der Waals surface area contributed by atoms with Crippen molar-refractivity contribution >= 4 is 6.21 Å². The lowest BCUT2D eigenvalue weighted by Crippen LogP contribution is -2.14. The lowest BCUT2D eigenvalue weighted by atomic mass is 10.2. The monoisotopic (exact) mass is 244 g/mol. The summed E-state index contributed by atoms with van der Waals surface area (Å²) < 4.78 is 1.31. The second kappa shape index (κ2) is 5.44. The molecule has 2 aromatic rings. The number of nitrogens with zero attached hydrogens (tertiary/aromatic N) is 3. The van der Waals surface area contributed by atoms with Gasteiger partial charge in [0.05, 0.1) is 6.21 Å². The van der Waals surface area contributed by atoms with Gasteiger partial charge in [-0.3, -0.25) is 0 Å². The maximum Gasteiger partial charge on any atom is 0.364 e. The van der Waals surface area contributed by atoms with Crippen molar-refractivity contribution in [2.45, 2.75) is 26.7 Å². The zero-order chi connectivity index (χ0) is 13.0. The zero-order valence-corrected chi connectivity index (χ0v) is 10.6. The number of aromatic amines is 1. The maximum atomic E-state index is 11.5. The molecule has 1 aromatic carbocycles. The molecule has 1 aromatic heterocycles. The Morgan fingerprint density at radius 1 is 1.39 bits per heavy atom. The summed E-state index contributed by atoms with van der Waals surface area (Å²) in [6.07, 6.45) is 3.31. The third-order valence-electron chi connectivity index (χ3n) is 2.59. The summed E-state index contributed by atoms with van der Waals surface area (Å²) in [6.45, 7) is 4.06. The standard InChI is InChI=1S/C13H16N4O/c1-3-4-12-15-16-13(18)17(12)14-9-11-7-5-10(2)6-8-11/h5-9H,3-4H2,1-2H3,(H,16,18)/b14-9+. The van der Waals surface area contributed by atoms with E-state index in [0.717, 1.165) is 18.4 Å². The Morgan fingerprint density at radius 3 is 2.78 bits per heavy atom. The van der Waals surface area contributed by atoms with Crippen LogP contribution >= 0.6 is 0 Å². The average Bonchev–Trinajstić information content (AvgIpc) is 2.71. The third kappa shape index (κ3) is 2.74. The van der Waals surface area contributed by atoms with Crippen molar-refractivity contribution in [3.05, 3.63) is 51.7 Å². The van der Waals surface area contributed by atoms with Gasteiger partial charge < -0.3 is 0 Å². The molecule has 0 fully saturated rings. The molecular formula is C13H16N4O.